The Morgan fingerprint density at radius 2 is 2.23 bits per heavy atom. The molecule has 0 bridgehead atoms. The molecule has 0 spiro atoms. The van der Waals surface area contributed by atoms with Crippen molar-refractivity contribution in [2.45, 2.75) is 38.3 Å². The summed E-state index contributed by atoms with van der Waals surface area (Å²) in [7, 11) is 0. The monoisotopic (exact) mass is 298 g/mol. The van der Waals surface area contributed by atoms with Crippen LogP contribution in [0.3, 0.4) is 0 Å². The van der Waals surface area contributed by atoms with Crippen molar-refractivity contribution in [3.05, 3.63) is 58.3 Å². The summed E-state index contributed by atoms with van der Waals surface area (Å²) >= 11 is 0. The molecule has 1 aliphatic rings. The van der Waals surface area contributed by atoms with E-state index in [1.54, 1.807) is 25.4 Å². The molecule has 1 amide bonds. The lowest BCUT2D eigenvalue weighted by Crippen LogP contribution is -2.37. The molecule has 22 heavy (non-hydrogen) atoms. The van der Waals surface area contributed by atoms with Crippen LogP contribution in [0.25, 0.3) is 0 Å². The quantitative estimate of drug-likeness (QED) is 0.905. The second-order valence-corrected chi connectivity index (χ2v) is 5.57. The zero-order valence-corrected chi connectivity index (χ0v) is 12.4. The van der Waals surface area contributed by atoms with Crippen molar-refractivity contribution >= 4 is 5.91 Å². The van der Waals surface area contributed by atoms with E-state index in [0.717, 1.165) is 24.1 Å². The fourth-order valence-corrected chi connectivity index (χ4v) is 2.26. The van der Waals surface area contributed by atoms with Gasteiger partial charge in [-0.15, -0.1) is 0 Å². The van der Waals surface area contributed by atoms with Gasteiger partial charge in [0.15, 0.2) is 0 Å². The minimum absolute atomic E-state index is 0.230. The van der Waals surface area contributed by atoms with Gasteiger partial charge < -0.3 is 5.32 Å². The fraction of sp³-hybridized carbons (Fsp3) is 0.375. The number of carbonyl (C=O) groups excluding carboxylic acids is 1. The van der Waals surface area contributed by atoms with E-state index in [2.05, 4.69) is 15.4 Å². The average molecular weight is 298 g/mol. The largest absolute Gasteiger partial charge is 0.350 e. The number of carbonyl (C=O) groups is 1. The number of rotatable bonds is 5. The fourth-order valence-electron chi connectivity index (χ4n) is 2.26. The van der Waals surface area contributed by atoms with Crippen molar-refractivity contribution in [3.8, 4) is 0 Å². The highest BCUT2D eigenvalue weighted by molar-refractivity contribution is 5.79. The lowest BCUT2D eigenvalue weighted by atomic mass is 10.2. The number of hydrogen-bond donors (Lipinski definition) is 1. The van der Waals surface area contributed by atoms with Crippen molar-refractivity contribution in [2.24, 2.45) is 0 Å². The molecule has 0 aromatic carbocycles. The Hall–Kier alpha value is -2.50. The summed E-state index contributed by atoms with van der Waals surface area (Å²) in [5, 5.41) is 7.15. The number of nitrogens with one attached hydrogen (secondary N) is 1. The van der Waals surface area contributed by atoms with E-state index in [-0.39, 0.29) is 11.5 Å². The highest BCUT2D eigenvalue weighted by Gasteiger charge is 2.27. The zero-order valence-electron chi connectivity index (χ0n) is 12.4. The second-order valence-electron chi connectivity index (χ2n) is 5.57. The molecule has 0 aliphatic heterocycles. The standard InChI is InChI=1S/C16H18N4O2/c1-11(16(22)18-10-12-3-2-8-17-9-12)20-15(21)7-6-14(19-20)13-4-5-13/h2-3,6-9,11,13H,4-5,10H2,1H3,(H,18,22). The van der Waals surface area contributed by atoms with E-state index in [4.69, 9.17) is 0 Å². The molecular formula is C16H18N4O2. The minimum atomic E-state index is -0.636. The summed E-state index contributed by atoms with van der Waals surface area (Å²) in [5.41, 5.74) is 1.55. The molecule has 1 atom stereocenters. The number of pyridine rings is 1. The van der Waals surface area contributed by atoms with Gasteiger partial charge in [-0.2, -0.15) is 5.10 Å². The molecule has 2 aromatic rings. The highest BCUT2D eigenvalue weighted by Crippen LogP contribution is 2.38. The van der Waals surface area contributed by atoms with Gasteiger partial charge >= 0.3 is 0 Å². The van der Waals surface area contributed by atoms with Crippen LogP contribution in [0.5, 0.6) is 0 Å². The summed E-state index contributed by atoms with van der Waals surface area (Å²) in [6.45, 7) is 2.07. The molecule has 1 fully saturated rings. The molecule has 0 radical (unpaired) electrons. The molecule has 1 N–H and O–H groups in total. The third-order valence-electron chi connectivity index (χ3n) is 3.78. The van der Waals surface area contributed by atoms with Crippen LogP contribution in [0.15, 0.2) is 41.5 Å². The summed E-state index contributed by atoms with van der Waals surface area (Å²) in [6.07, 6.45) is 5.59. The maximum absolute atomic E-state index is 12.2. The van der Waals surface area contributed by atoms with Gasteiger partial charge in [0.25, 0.3) is 5.56 Å². The Balaban J connectivity index is 1.70. The Bertz CT molecular complexity index is 722. The number of amides is 1. The molecule has 2 aromatic heterocycles. The lowest BCUT2D eigenvalue weighted by Gasteiger charge is -2.14. The Morgan fingerprint density at radius 1 is 1.41 bits per heavy atom. The first-order valence-corrected chi connectivity index (χ1v) is 7.41. The predicted octanol–water partition coefficient (Wildman–Crippen LogP) is 1.39. The van der Waals surface area contributed by atoms with Crippen LogP contribution < -0.4 is 10.9 Å². The first-order valence-electron chi connectivity index (χ1n) is 7.41. The van der Waals surface area contributed by atoms with Crippen molar-refractivity contribution in [1.29, 1.82) is 0 Å². The van der Waals surface area contributed by atoms with E-state index in [1.807, 2.05) is 12.1 Å². The van der Waals surface area contributed by atoms with Crippen molar-refractivity contribution in [1.82, 2.24) is 20.1 Å². The minimum Gasteiger partial charge on any atom is -0.350 e. The van der Waals surface area contributed by atoms with Gasteiger partial charge in [-0.3, -0.25) is 14.6 Å². The third kappa shape index (κ3) is 3.21. The van der Waals surface area contributed by atoms with Crippen LogP contribution in [-0.4, -0.2) is 20.7 Å². The van der Waals surface area contributed by atoms with Crippen LogP contribution >= 0.6 is 0 Å². The first kappa shape index (κ1) is 14.4. The maximum Gasteiger partial charge on any atom is 0.267 e. The van der Waals surface area contributed by atoms with E-state index < -0.39 is 6.04 Å². The SMILES string of the molecule is CC(C(=O)NCc1cccnc1)n1nc(C2CC2)ccc1=O. The summed E-state index contributed by atoms with van der Waals surface area (Å²) in [5.74, 6) is 0.212. The molecule has 6 nitrogen and oxygen atoms in total. The molecule has 1 aliphatic carbocycles. The summed E-state index contributed by atoms with van der Waals surface area (Å²) in [4.78, 5) is 28.2. The maximum atomic E-state index is 12.2. The lowest BCUT2D eigenvalue weighted by molar-refractivity contribution is -0.124. The normalized spacial score (nSPS) is 15.3. The van der Waals surface area contributed by atoms with E-state index in [1.165, 1.54) is 10.7 Å². The third-order valence-corrected chi connectivity index (χ3v) is 3.78. The second kappa shape index (κ2) is 6.09. The van der Waals surface area contributed by atoms with E-state index in [9.17, 15) is 9.59 Å². The summed E-state index contributed by atoms with van der Waals surface area (Å²) < 4.78 is 1.27. The van der Waals surface area contributed by atoms with Crippen LogP contribution in [0.1, 0.15) is 43.0 Å². The Labute approximate surface area is 128 Å². The smallest absolute Gasteiger partial charge is 0.267 e. The average Bonchev–Trinajstić information content (AvgIpc) is 3.38. The Morgan fingerprint density at radius 3 is 2.91 bits per heavy atom. The molecule has 114 valence electrons. The van der Waals surface area contributed by atoms with Gasteiger partial charge in [0.2, 0.25) is 5.91 Å². The number of hydrogen-bond acceptors (Lipinski definition) is 4. The molecule has 1 saturated carbocycles. The van der Waals surface area contributed by atoms with Gasteiger partial charge in [0, 0.05) is 30.9 Å². The van der Waals surface area contributed by atoms with Crippen LogP contribution in [0, 0.1) is 0 Å². The van der Waals surface area contributed by atoms with Crippen LogP contribution in [0.2, 0.25) is 0 Å². The van der Waals surface area contributed by atoms with Crippen molar-refractivity contribution in [3.63, 3.8) is 0 Å². The summed E-state index contributed by atoms with van der Waals surface area (Å²) in [6, 6.07) is 6.32. The molecule has 2 heterocycles. The van der Waals surface area contributed by atoms with Crippen LogP contribution in [0.4, 0.5) is 0 Å². The van der Waals surface area contributed by atoms with Gasteiger partial charge in [0.1, 0.15) is 6.04 Å². The number of nitrogens with zero attached hydrogens (tertiary/aromatic N) is 3. The number of aromatic nitrogens is 3. The molecule has 1 unspecified atom stereocenters. The zero-order chi connectivity index (χ0) is 15.5. The van der Waals surface area contributed by atoms with Crippen molar-refractivity contribution in [2.75, 3.05) is 0 Å². The van der Waals surface area contributed by atoms with E-state index in [0.29, 0.717) is 12.5 Å². The topological polar surface area (TPSA) is 76.9 Å². The van der Waals surface area contributed by atoms with Gasteiger partial charge in [-0.25, -0.2) is 4.68 Å². The van der Waals surface area contributed by atoms with Crippen molar-refractivity contribution < 1.29 is 4.79 Å². The highest BCUT2D eigenvalue weighted by atomic mass is 16.2. The molecule has 6 heteroatoms. The molecule has 0 saturated heterocycles. The molecule has 3 rings (SSSR count). The van der Waals surface area contributed by atoms with E-state index >= 15 is 0 Å². The predicted molar refractivity (Wildman–Crippen MR) is 81.3 cm³/mol. The Kier molecular flexibility index (Phi) is 4.00. The molecular weight excluding hydrogens is 280 g/mol. The van der Waals surface area contributed by atoms with Gasteiger partial charge in [0.05, 0.1) is 5.69 Å². The van der Waals surface area contributed by atoms with Crippen LogP contribution in [-0.2, 0) is 11.3 Å². The van der Waals surface area contributed by atoms with Gasteiger partial charge in [-0.1, -0.05) is 6.07 Å². The first-order chi connectivity index (χ1) is 10.6. The van der Waals surface area contributed by atoms with Gasteiger partial charge in [-0.05, 0) is 37.5 Å².